The summed E-state index contributed by atoms with van der Waals surface area (Å²) in [7, 11) is 0. The summed E-state index contributed by atoms with van der Waals surface area (Å²) in [5.41, 5.74) is 0.699. The Hall–Kier alpha value is 0.01000. The Morgan fingerprint density at radius 1 is 1.56 bits per heavy atom. The van der Waals surface area contributed by atoms with Gasteiger partial charge in [-0.1, -0.05) is 27.5 Å². The first-order valence-electron chi connectivity index (χ1n) is 5.17. The Kier molecular flexibility index (Phi) is 3.67. The zero-order valence-electron chi connectivity index (χ0n) is 8.93. The Morgan fingerprint density at radius 3 is 2.94 bits per heavy atom. The van der Waals surface area contributed by atoms with Crippen LogP contribution in [0.1, 0.15) is 30.1 Å². The number of hydrogen-bond acceptors (Lipinski definition) is 2. The first kappa shape index (κ1) is 12.5. The van der Waals surface area contributed by atoms with E-state index in [1.54, 1.807) is 23.9 Å². The standard InChI is InChI=1S/C12H12BrClOS/c1-12(5-2-6-16-12)11(15)9-7-8(14)3-4-10(9)13/h3-4,7H,2,5-6H2,1H3. The zero-order valence-corrected chi connectivity index (χ0v) is 12.1. The van der Waals surface area contributed by atoms with E-state index in [4.69, 9.17) is 11.6 Å². The van der Waals surface area contributed by atoms with Gasteiger partial charge in [-0.3, -0.25) is 4.79 Å². The Bertz CT molecular complexity index is 427. The second-order valence-electron chi connectivity index (χ2n) is 4.14. The normalized spacial score (nSPS) is 24.7. The highest BCUT2D eigenvalue weighted by Gasteiger charge is 2.38. The van der Waals surface area contributed by atoms with Gasteiger partial charge in [-0.25, -0.2) is 0 Å². The van der Waals surface area contributed by atoms with E-state index in [0.29, 0.717) is 10.6 Å². The maximum Gasteiger partial charge on any atom is 0.179 e. The molecule has 1 atom stereocenters. The molecule has 1 aliphatic heterocycles. The van der Waals surface area contributed by atoms with Crippen molar-refractivity contribution in [3.8, 4) is 0 Å². The minimum Gasteiger partial charge on any atom is -0.293 e. The number of rotatable bonds is 2. The van der Waals surface area contributed by atoms with Gasteiger partial charge in [-0.2, -0.15) is 0 Å². The molecule has 1 fully saturated rings. The van der Waals surface area contributed by atoms with E-state index in [9.17, 15) is 4.79 Å². The number of hydrogen-bond donors (Lipinski definition) is 0. The molecule has 16 heavy (non-hydrogen) atoms. The van der Waals surface area contributed by atoms with Gasteiger partial charge in [0.15, 0.2) is 5.78 Å². The summed E-state index contributed by atoms with van der Waals surface area (Å²) in [4.78, 5) is 12.4. The molecule has 1 unspecified atom stereocenters. The molecular weight excluding hydrogens is 308 g/mol. The van der Waals surface area contributed by atoms with Crippen LogP contribution in [0, 0.1) is 0 Å². The lowest BCUT2D eigenvalue weighted by atomic mass is 9.95. The fraction of sp³-hybridized carbons (Fsp3) is 0.417. The molecule has 0 aromatic heterocycles. The molecule has 1 heterocycles. The van der Waals surface area contributed by atoms with Gasteiger partial charge in [0.2, 0.25) is 0 Å². The molecule has 1 nitrogen and oxygen atoms in total. The second-order valence-corrected chi connectivity index (χ2v) is 7.02. The van der Waals surface area contributed by atoms with Crippen LogP contribution in [0.4, 0.5) is 0 Å². The average molecular weight is 320 g/mol. The smallest absolute Gasteiger partial charge is 0.179 e. The third-order valence-electron chi connectivity index (χ3n) is 2.87. The summed E-state index contributed by atoms with van der Waals surface area (Å²) in [5.74, 6) is 1.25. The molecule has 0 spiro atoms. The van der Waals surface area contributed by atoms with Crippen molar-refractivity contribution in [1.82, 2.24) is 0 Å². The van der Waals surface area contributed by atoms with Gasteiger partial charge >= 0.3 is 0 Å². The topological polar surface area (TPSA) is 17.1 Å². The second kappa shape index (κ2) is 4.71. The molecule has 0 radical (unpaired) electrons. The van der Waals surface area contributed by atoms with Crippen molar-refractivity contribution >= 4 is 45.1 Å². The van der Waals surface area contributed by atoms with Crippen molar-refractivity contribution in [1.29, 1.82) is 0 Å². The van der Waals surface area contributed by atoms with Gasteiger partial charge in [-0.05, 0) is 43.7 Å². The van der Waals surface area contributed by atoms with E-state index in [1.807, 2.05) is 13.0 Å². The van der Waals surface area contributed by atoms with E-state index in [2.05, 4.69) is 15.9 Å². The first-order valence-corrected chi connectivity index (χ1v) is 7.32. The van der Waals surface area contributed by atoms with Crippen LogP contribution in [0.25, 0.3) is 0 Å². The molecule has 0 amide bonds. The summed E-state index contributed by atoms with van der Waals surface area (Å²) in [6, 6.07) is 5.36. The van der Waals surface area contributed by atoms with Gasteiger partial charge in [0.1, 0.15) is 0 Å². The lowest BCUT2D eigenvalue weighted by Gasteiger charge is -2.21. The van der Waals surface area contributed by atoms with Crippen molar-refractivity contribution in [2.75, 3.05) is 5.75 Å². The van der Waals surface area contributed by atoms with Gasteiger partial charge in [0, 0.05) is 15.1 Å². The molecule has 1 aliphatic rings. The summed E-state index contributed by atoms with van der Waals surface area (Å²) in [6.45, 7) is 2.03. The number of carbonyl (C=O) groups is 1. The molecule has 86 valence electrons. The monoisotopic (exact) mass is 318 g/mol. The Balaban J connectivity index is 2.36. The molecule has 0 aliphatic carbocycles. The maximum atomic E-state index is 12.4. The van der Waals surface area contributed by atoms with Gasteiger partial charge < -0.3 is 0 Å². The SMILES string of the molecule is CC1(C(=O)c2cc(Cl)ccc2Br)CCCS1. The van der Waals surface area contributed by atoms with Crippen LogP contribution < -0.4 is 0 Å². The van der Waals surface area contributed by atoms with E-state index in [1.165, 1.54) is 0 Å². The van der Waals surface area contributed by atoms with Crippen LogP contribution in [-0.2, 0) is 0 Å². The first-order chi connectivity index (χ1) is 7.53. The number of carbonyl (C=O) groups excluding carboxylic acids is 1. The van der Waals surface area contributed by atoms with Gasteiger partial charge in [-0.15, -0.1) is 11.8 Å². The minimum atomic E-state index is -0.271. The fourth-order valence-corrected chi connectivity index (χ4v) is 3.78. The fourth-order valence-electron chi connectivity index (χ4n) is 1.91. The molecular formula is C12H12BrClOS. The lowest BCUT2D eigenvalue weighted by molar-refractivity contribution is 0.0948. The van der Waals surface area contributed by atoms with Crippen LogP contribution in [0.5, 0.6) is 0 Å². The predicted octanol–water partition coefficient (Wildman–Crippen LogP) is 4.57. The number of halogens is 2. The molecule has 0 bridgehead atoms. The number of Topliss-reactive ketones (excluding diaryl/α,β-unsaturated/α-hetero) is 1. The van der Waals surface area contributed by atoms with Crippen LogP contribution in [0.3, 0.4) is 0 Å². The number of thioether (sulfide) groups is 1. The van der Waals surface area contributed by atoms with Crippen LogP contribution in [0.2, 0.25) is 5.02 Å². The van der Waals surface area contributed by atoms with Crippen LogP contribution >= 0.6 is 39.3 Å². The molecule has 1 aromatic carbocycles. The molecule has 0 N–H and O–H groups in total. The van der Waals surface area contributed by atoms with E-state index in [0.717, 1.165) is 23.1 Å². The van der Waals surface area contributed by atoms with E-state index < -0.39 is 0 Å². The third-order valence-corrected chi connectivity index (χ3v) is 5.32. The summed E-state index contributed by atoms with van der Waals surface area (Å²) in [6.07, 6.45) is 2.07. The Labute approximate surface area is 113 Å². The quantitative estimate of drug-likeness (QED) is 0.743. The van der Waals surface area contributed by atoms with Crippen molar-refractivity contribution in [2.45, 2.75) is 24.5 Å². The minimum absolute atomic E-state index is 0.185. The average Bonchev–Trinajstić information content (AvgIpc) is 2.69. The van der Waals surface area contributed by atoms with Crippen molar-refractivity contribution < 1.29 is 4.79 Å². The van der Waals surface area contributed by atoms with Crippen LogP contribution in [0.15, 0.2) is 22.7 Å². The number of ketones is 1. The largest absolute Gasteiger partial charge is 0.293 e. The highest BCUT2D eigenvalue weighted by atomic mass is 79.9. The summed E-state index contributed by atoms with van der Waals surface area (Å²) in [5, 5.41) is 0.609. The molecule has 2 rings (SSSR count). The number of benzene rings is 1. The van der Waals surface area contributed by atoms with Crippen molar-refractivity contribution in [3.05, 3.63) is 33.3 Å². The lowest BCUT2D eigenvalue weighted by Crippen LogP contribution is -2.29. The molecule has 0 saturated carbocycles. The van der Waals surface area contributed by atoms with Crippen molar-refractivity contribution in [2.24, 2.45) is 0 Å². The predicted molar refractivity (Wildman–Crippen MR) is 73.6 cm³/mol. The van der Waals surface area contributed by atoms with Crippen molar-refractivity contribution in [3.63, 3.8) is 0 Å². The van der Waals surface area contributed by atoms with E-state index >= 15 is 0 Å². The molecule has 4 heteroatoms. The summed E-state index contributed by atoms with van der Waals surface area (Å²) < 4.78 is 0.559. The highest BCUT2D eigenvalue weighted by Crippen LogP contribution is 2.41. The third kappa shape index (κ3) is 2.31. The Morgan fingerprint density at radius 2 is 2.31 bits per heavy atom. The molecule has 1 aromatic rings. The van der Waals surface area contributed by atoms with Gasteiger partial charge in [0.05, 0.1) is 4.75 Å². The maximum absolute atomic E-state index is 12.4. The van der Waals surface area contributed by atoms with Gasteiger partial charge in [0.25, 0.3) is 0 Å². The highest BCUT2D eigenvalue weighted by molar-refractivity contribution is 9.10. The summed E-state index contributed by atoms with van der Waals surface area (Å²) >= 11 is 11.1. The van der Waals surface area contributed by atoms with Crippen LogP contribution in [-0.4, -0.2) is 16.3 Å². The zero-order chi connectivity index (χ0) is 11.8. The van der Waals surface area contributed by atoms with E-state index in [-0.39, 0.29) is 10.5 Å². The molecule has 1 saturated heterocycles.